The van der Waals surface area contributed by atoms with E-state index in [1.807, 2.05) is 74.6 Å². The van der Waals surface area contributed by atoms with Crippen LogP contribution in [-0.2, 0) is 7.05 Å². The Morgan fingerprint density at radius 3 is 2.56 bits per heavy atom. The number of para-hydroxylation sites is 2. The van der Waals surface area contributed by atoms with Gasteiger partial charge in [-0.25, -0.2) is 4.98 Å². The number of aromatic nitrogens is 2. The fraction of sp³-hybridized carbons (Fsp3) is 0.100. The Kier molecular flexibility index (Phi) is 3.86. The summed E-state index contributed by atoms with van der Waals surface area (Å²) in [5.74, 6) is 0.777. The van der Waals surface area contributed by atoms with Crippen LogP contribution in [0.3, 0.4) is 0 Å². The molecule has 0 unspecified atom stereocenters. The van der Waals surface area contributed by atoms with E-state index in [0.29, 0.717) is 4.88 Å². The van der Waals surface area contributed by atoms with Crippen molar-refractivity contribution in [3.63, 3.8) is 0 Å². The van der Waals surface area contributed by atoms with Crippen LogP contribution < -0.4 is 5.32 Å². The number of nitrogens with zero attached hydrogens (tertiary/aromatic N) is 2. The molecular formula is C20H17N3OS. The standard InChI is InChI=1S/C20H17N3OS/c1-13-7-9-14(10-8-13)21-20(24)18-12-11-17(25-18)19-22-15-5-3-4-6-16(15)23(19)2/h3-12H,1-2H3,(H,21,24). The third-order valence-electron chi connectivity index (χ3n) is 4.15. The van der Waals surface area contributed by atoms with Gasteiger partial charge in [-0.05, 0) is 43.3 Å². The van der Waals surface area contributed by atoms with Crippen molar-refractivity contribution in [1.82, 2.24) is 9.55 Å². The maximum absolute atomic E-state index is 12.5. The fourth-order valence-corrected chi connectivity index (χ4v) is 3.70. The number of carbonyl (C=O) groups excluding carboxylic acids is 1. The molecule has 0 radical (unpaired) electrons. The third kappa shape index (κ3) is 2.94. The molecule has 1 N–H and O–H groups in total. The van der Waals surface area contributed by atoms with Gasteiger partial charge >= 0.3 is 0 Å². The van der Waals surface area contributed by atoms with Crippen molar-refractivity contribution in [3.05, 3.63) is 71.1 Å². The Balaban J connectivity index is 1.61. The summed E-state index contributed by atoms with van der Waals surface area (Å²) in [5.41, 5.74) is 4.00. The average molecular weight is 347 g/mol. The van der Waals surface area contributed by atoms with E-state index in [9.17, 15) is 4.79 Å². The third-order valence-corrected chi connectivity index (χ3v) is 5.23. The summed E-state index contributed by atoms with van der Waals surface area (Å²) in [6, 6.07) is 19.6. The molecule has 0 saturated carbocycles. The summed E-state index contributed by atoms with van der Waals surface area (Å²) in [6.07, 6.45) is 0. The number of anilines is 1. The maximum Gasteiger partial charge on any atom is 0.265 e. The molecule has 0 spiro atoms. The summed E-state index contributed by atoms with van der Waals surface area (Å²) in [4.78, 5) is 18.8. The Bertz CT molecular complexity index is 1060. The van der Waals surface area contributed by atoms with Gasteiger partial charge in [-0.15, -0.1) is 11.3 Å². The van der Waals surface area contributed by atoms with Crippen molar-refractivity contribution in [2.24, 2.45) is 7.05 Å². The molecule has 124 valence electrons. The van der Waals surface area contributed by atoms with Gasteiger partial charge in [-0.1, -0.05) is 29.8 Å². The molecule has 0 aliphatic rings. The first-order valence-corrected chi connectivity index (χ1v) is 8.83. The molecule has 0 saturated heterocycles. The maximum atomic E-state index is 12.5. The second-order valence-electron chi connectivity index (χ2n) is 5.97. The van der Waals surface area contributed by atoms with E-state index in [2.05, 4.69) is 9.88 Å². The van der Waals surface area contributed by atoms with Crippen LogP contribution in [-0.4, -0.2) is 15.5 Å². The van der Waals surface area contributed by atoms with Crippen LogP contribution in [0.25, 0.3) is 21.7 Å². The SMILES string of the molecule is Cc1ccc(NC(=O)c2ccc(-c3nc4ccccc4n3C)s2)cc1. The van der Waals surface area contributed by atoms with E-state index in [1.165, 1.54) is 16.9 Å². The van der Waals surface area contributed by atoms with Crippen LogP contribution in [0.5, 0.6) is 0 Å². The summed E-state index contributed by atoms with van der Waals surface area (Å²) in [7, 11) is 2.00. The van der Waals surface area contributed by atoms with Crippen molar-refractivity contribution in [3.8, 4) is 10.7 Å². The van der Waals surface area contributed by atoms with Gasteiger partial charge in [0.25, 0.3) is 5.91 Å². The zero-order valence-corrected chi connectivity index (χ0v) is 14.8. The van der Waals surface area contributed by atoms with E-state index >= 15 is 0 Å². The number of hydrogen-bond acceptors (Lipinski definition) is 3. The van der Waals surface area contributed by atoms with Crippen molar-refractivity contribution >= 4 is 34.0 Å². The van der Waals surface area contributed by atoms with Gasteiger partial charge in [0, 0.05) is 12.7 Å². The number of aryl methyl sites for hydroxylation is 2. The topological polar surface area (TPSA) is 46.9 Å². The molecule has 2 aromatic carbocycles. The number of benzene rings is 2. The van der Waals surface area contributed by atoms with E-state index in [0.717, 1.165) is 27.4 Å². The molecule has 4 nitrogen and oxygen atoms in total. The Hall–Kier alpha value is -2.92. The number of thiophene rings is 1. The van der Waals surface area contributed by atoms with Crippen LogP contribution >= 0.6 is 11.3 Å². The largest absolute Gasteiger partial charge is 0.326 e. The van der Waals surface area contributed by atoms with Crippen LogP contribution in [0.15, 0.2) is 60.7 Å². The number of nitrogens with one attached hydrogen (secondary N) is 1. The minimum Gasteiger partial charge on any atom is -0.326 e. The molecule has 2 heterocycles. The minimum absolute atomic E-state index is 0.0983. The molecule has 5 heteroatoms. The molecule has 4 aromatic rings. The molecule has 0 bridgehead atoms. The molecule has 4 rings (SSSR count). The number of imidazole rings is 1. The highest BCUT2D eigenvalue weighted by molar-refractivity contribution is 7.17. The fourth-order valence-electron chi connectivity index (χ4n) is 2.78. The van der Waals surface area contributed by atoms with Crippen LogP contribution in [0.4, 0.5) is 5.69 Å². The van der Waals surface area contributed by atoms with Crippen LogP contribution in [0.2, 0.25) is 0 Å². The average Bonchev–Trinajstić information content (AvgIpc) is 3.22. The monoisotopic (exact) mass is 347 g/mol. The van der Waals surface area contributed by atoms with Gasteiger partial charge in [0.2, 0.25) is 0 Å². The zero-order chi connectivity index (χ0) is 17.4. The minimum atomic E-state index is -0.0983. The first kappa shape index (κ1) is 15.6. The van der Waals surface area contributed by atoms with Crippen molar-refractivity contribution in [2.75, 3.05) is 5.32 Å². The van der Waals surface area contributed by atoms with Gasteiger partial charge in [0.15, 0.2) is 5.82 Å². The molecule has 0 atom stereocenters. The Labute approximate surface area is 149 Å². The molecule has 2 aromatic heterocycles. The second-order valence-corrected chi connectivity index (χ2v) is 7.05. The van der Waals surface area contributed by atoms with Gasteiger partial charge in [0.1, 0.15) is 0 Å². The van der Waals surface area contributed by atoms with E-state index < -0.39 is 0 Å². The van der Waals surface area contributed by atoms with Crippen molar-refractivity contribution < 1.29 is 4.79 Å². The second kappa shape index (κ2) is 6.18. The smallest absolute Gasteiger partial charge is 0.265 e. The zero-order valence-electron chi connectivity index (χ0n) is 14.0. The molecule has 0 aliphatic carbocycles. The first-order chi connectivity index (χ1) is 12.1. The highest BCUT2D eigenvalue weighted by atomic mass is 32.1. The summed E-state index contributed by atoms with van der Waals surface area (Å²) >= 11 is 1.45. The van der Waals surface area contributed by atoms with Crippen molar-refractivity contribution in [1.29, 1.82) is 0 Å². The normalized spacial score (nSPS) is 11.0. The number of amides is 1. The predicted octanol–water partition coefficient (Wildman–Crippen LogP) is 4.86. The van der Waals surface area contributed by atoms with E-state index in [4.69, 9.17) is 4.98 Å². The highest BCUT2D eigenvalue weighted by Crippen LogP contribution is 2.30. The van der Waals surface area contributed by atoms with E-state index in [1.54, 1.807) is 0 Å². The lowest BCUT2D eigenvalue weighted by atomic mass is 10.2. The van der Waals surface area contributed by atoms with E-state index in [-0.39, 0.29) is 5.91 Å². The lowest BCUT2D eigenvalue weighted by Gasteiger charge is -2.03. The summed E-state index contributed by atoms with van der Waals surface area (Å²) < 4.78 is 2.06. The van der Waals surface area contributed by atoms with Crippen LogP contribution in [0, 0.1) is 6.92 Å². The van der Waals surface area contributed by atoms with Crippen LogP contribution in [0.1, 0.15) is 15.2 Å². The number of rotatable bonds is 3. The van der Waals surface area contributed by atoms with Gasteiger partial charge in [0.05, 0.1) is 20.8 Å². The Morgan fingerprint density at radius 1 is 1.04 bits per heavy atom. The molecule has 25 heavy (non-hydrogen) atoms. The van der Waals surface area contributed by atoms with Gasteiger partial charge < -0.3 is 9.88 Å². The first-order valence-electron chi connectivity index (χ1n) is 8.01. The lowest BCUT2D eigenvalue weighted by molar-refractivity contribution is 0.103. The van der Waals surface area contributed by atoms with Gasteiger partial charge in [-0.2, -0.15) is 0 Å². The molecule has 1 amide bonds. The molecular weight excluding hydrogens is 330 g/mol. The number of carbonyl (C=O) groups is 1. The number of fused-ring (bicyclic) bond motifs is 1. The highest BCUT2D eigenvalue weighted by Gasteiger charge is 2.15. The molecule has 0 fully saturated rings. The Morgan fingerprint density at radius 2 is 1.80 bits per heavy atom. The quantitative estimate of drug-likeness (QED) is 0.575. The lowest BCUT2D eigenvalue weighted by Crippen LogP contribution is -2.09. The van der Waals surface area contributed by atoms with Crippen molar-refractivity contribution in [2.45, 2.75) is 6.92 Å². The summed E-state index contributed by atoms with van der Waals surface area (Å²) in [5, 5.41) is 2.94. The summed E-state index contributed by atoms with van der Waals surface area (Å²) in [6.45, 7) is 2.02. The predicted molar refractivity (Wildman–Crippen MR) is 103 cm³/mol. The number of hydrogen-bond donors (Lipinski definition) is 1. The molecule has 0 aliphatic heterocycles. The van der Waals surface area contributed by atoms with Gasteiger partial charge in [-0.3, -0.25) is 4.79 Å².